The van der Waals surface area contributed by atoms with Gasteiger partial charge in [0.25, 0.3) is 5.91 Å². The lowest BCUT2D eigenvalue weighted by molar-refractivity contribution is 0.0600. The van der Waals surface area contributed by atoms with Crippen molar-refractivity contribution in [2.24, 2.45) is 0 Å². The molecule has 9 heteroatoms. The van der Waals surface area contributed by atoms with Gasteiger partial charge in [0, 0.05) is 39.3 Å². The topological polar surface area (TPSA) is 92.6 Å². The molecule has 6 rings (SSSR count). The third-order valence-corrected chi connectivity index (χ3v) is 8.30. The first kappa shape index (κ1) is 27.0. The van der Waals surface area contributed by atoms with Crippen molar-refractivity contribution in [3.63, 3.8) is 0 Å². The largest absolute Gasteiger partial charge is 0.465 e. The zero-order chi connectivity index (χ0) is 28.2. The minimum Gasteiger partial charge on any atom is -0.465 e. The molecular formula is C32H36N6O3. The summed E-state index contributed by atoms with van der Waals surface area (Å²) in [5, 5.41) is 10.1. The van der Waals surface area contributed by atoms with Crippen molar-refractivity contribution in [3.8, 4) is 11.4 Å². The summed E-state index contributed by atoms with van der Waals surface area (Å²) in [5.41, 5.74) is 7.48. The van der Waals surface area contributed by atoms with E-state index in [0.717, 1.165) is 87.3 Å². The number of nitrogens with one attached hydrogen (secondary N) is 1. The summed E-state index contributed by atoms with van der Waals surface area (Å²) in [6.07, 6.45) is 6.59. The van der Waals surface area contributed by atoms with Gasteiger partial charge in [0.1, 0.15) is 17.7 Å². The van der Waals surface area contributed by atoms with Crippen LogP contribution in [-0.2, 0) is 30.5 Å². The van der Waals surface area contributed by atoms with Gasteiger partial charge in [-0.3, -0.25) is 14.7 Å². The first-order chi connectivity index (χ1) is 20.1. The number of fused-ring (bicyclic) bond motifs is 3. The van der Waals surface area contributed by atoms with Crippen LogP contribution in [0.3, 0.4) is 0 Å². The SMILES string of the molecule is COC(=O)c1ccc(CNC(=O)c2c3ncnn(N4CCN(CCc5ccccc5)CC4)c-3c3c2CCCC3)cc1. The van der Waals surface area contributed by atoms with Gasteiger partial charge in [0.05, 0.1) is 18.2 Å². The van der Waals surface area contributed by atoms with Gasteiger partial charge in [-0.05, 0) is 66.5 Å². The van der Waals surface area contributed by atoms with Gasteiger partial charge in [-0.2, -0.15) is 4.79 Å². The van der Waals surface area contributed by atoms with E-state index in [1.54, 1.807) is 18.5 Å². The van der Waals surface area contributed by atoms with Crippen molar-refractivity contribution in [2.75, 3.05) is 44.8 Å². The second kappa shape index (κ2) is 12.1. The minimum atomic E-state index is -0.378. The lowest BCUT2D eigenvalue weighted by Gasteiger charge is -2.37. The molecule has 41 heavy (non-hydrogen) atoms. The van der Waals surface area contributed by atoms with Crippen LogP contribution in [0.5, 0.6) is 0 Å². The predicted octanol–water partition coefficient (Wildman–Crippen LogP) is 3.47. The molecule has 0 unspecified atom stereocenters. The number of rotatable bonds is 8. The van der Waals surface area contributed by atoms with E-state index in [9.17, 15) is 9.59 Å². The predicted molar refractivity (Wildman–Crippen MR) is 157 cm³/mol. The van der Waals surface area contributed by atoms with Crippen LogP contribution in [0.25, 0.3) is 11.4 Å². The second-order valence-corrected chi connectivity index (χ2v) is 10.8. The Morgan fingerprint density at radius 3 is 2.37 bits per heavy atom. The molecule has 212 valence electrons. The van der Waals surface area contributed by atoms with Gasteiger partial charge in [-0.25, -0.2) is 9.78 Å². The maximum atomic E-state index is 13.6. The van der Waals surface area contributed by atoms with Crippen molar-refractivity contribution >= 4 is 11.9 Å². The summed E-state index contributed by atoms with van der Waals surface area (Å²) in [4.78, 5) is 34.6. The number of amides is 1. The zero-order valence-corrected chi connectivity index (χ0v) is 23.5. The molecule has 2 aromatic rings. The van der Waals surface area contributed by atoms with Crippen LogP contribution in [0.15, 0.2) is 60.9 Å². The van der Waals surface area contributed by atoms with Gasteiger partial charge in [-0.15, -0.1) is 5.10 Å². The summed E-state index contributed by atoms with van der Waals surface area (Å²) in [5.74, 6) is -0.497. The lowest BCUT2D eigenvalue weighted by atomic mass is 9.93. The first-order valence-corrected chi connectivity index (χ1v) is 14.5. The Morgan fingerprint density at radius 1 is 0.902 bits per heavy atom. The zero-order valence-electron chi connectivity index (χ0n) is 23.5. The van der Waals surface area contributed by atoms with Crippen molar-refractivity contribution in [1.29, 1.82) is 0 Å². The van der Waals surface area contributed by atoms with E-state index in [2.05, 4.69) is 50.5 Å². The number of benzene rings is 2. The molecule has 0 saturated carbocycles. The third kappa shape index (κ3) is 5.67. The van der Waals surface area contributed by atoms with Crippen LogP contribution >= 0.6 is 0 Å². The van der Waals surface area contributed by atoms with Crippen molar-refractivity contribution in [1.82, 2.24) is 25.1 Å². The highest BCUT2D eigenvalue weighted by atomic mass is 16.5. The van der Waals surface area contributed by atoms with Crippen LogP contribution < -0.4 is 10.3 Å². The van der Waals surface area contributed by atoms with Gasteiger partial charge in [-0.1, -0.05) is 42.5 Å². The molecule has 4 aliphatic rings. The number of esters is 1. The van der Waals surface area contributed by atoms with E-state index in [4.69, 9.17) is 9.84 Å². The molecule has 1 saturated heterocycles. The molecule has 2 aliphatic carbocycles. The Labute approximate surface area is 240 Å². The fourth-order valence-electron chi connectivity index (χ4n) is 6.07. The van der Waals surface area contributed by atoms with E-state index in [1.165, 1.54) is 18.2 Å². The van der Waals surface area contributed by atoms with Gasteiger partial charge >= 0.3 is 5.97 Å². The lowest BCUT2D eigenvalue weighted by Crippen LogP contribution is -2.52. The van der Waals surface area contributed by atoms with Crippen LogP contribution in [0, 0.1) is 0 Å². The van der Waals surface area contributed by atoms with E-state index >= 15 is 0 Å². The van der Waals surface area contributed by atoms with Crippen LogP contribution in [0.1, 0.15) is 55.8 Å². The van der Waals surface area contributed by atoms with Crippen LogP contribution in [0.4, 0.5) is 0 Å². The molecule has 2 aliphatic heterocycles. The average Bonchev–Trinajstić information content (AvgIpc) is 3.38. The maximum absolute atomic E-state index is 13.6. The normalized spacial score (nSPS) is 15.5. The molecule has 9 nitrogen and oxygen atoms in total. The smallest absolute Gasteiger partial charge is 0.337 e. The molecule has 2 heterocycles. The number of nitrogens with zero attached hydrogens (tertiary/aromatic N) is 5. The number of ether oxygens (including phenoxy) is 1. The second-order valence-electron chi connectivity index (χ2n) is 10.8. The number of aromatic nitrogens is 3. The average molecular weight is 553 g/mol. The number of carbonyl (C=O) groups is 2. The monoisotopic (exact) mass is 552 g/mol. The highest BCUT2D eigenvalue weighted by molar-refractivity contribution is 6.04. The van der Waals surface area contributed by atoms with Crippen molar-refractivity contribution < 1.29 is 14.3 Å². The third-order valence-electron chi connectivity index (χ3n) is 8.30. The Balaban J connectivity index is 1.17. The fourth-order valence-corrected chi connectivity index (χ4v) is 6.07. The Kier molecular flexibility index (Phi) is 7.95. The van der Waals surface area contributed by atoms with Crippen LogP contribution in [0.2, 0.25) is 0 Å². The molecule has 0 radical (unpaired) electrons. The molecular weight excluding hydrogens is 516 g/mol. The number of carbonyl (C=O) groups excluding carboxylic acids is 2. The van der Waals surface area contributed by atoms with Gasteiger partial charge < -0.3 is 10.1 Å². The molecule has 1 fully saturated rings. The molecule has 2 aromatic carbocycles. The van der Waals surface area contributed by atoms with E-state index in [-0.39, 0.29) is 11.9 Å². The molecule has 0 bridgehead atoms. The van der Waals surface area contributed by atoms with Crippen molar-refractivity contribution in [2.45, 2.75) is 38.6 Å². The Bertz CT molecular complexity index is 1480. The minimum absolute atomic E-state index is 0.119. The fraction of sp³-hybridized carbons (Fsp3) is 0.375. The molecule has 1 amide bonds. The number of hydrogen-bond acceptors (Lipinski definition) is 7. The van der Waals surface area contributed by atoms with E-state index in [0.29, 0.717) is 17.7 Å². The summed E-state index contributed by atoms with van der Waals surface area (Å²) in [6.45, 7) is 5.08. The molecule has 0 atom stereocenters. The van der Waals surface area contributed by atoms with Crippen LogP contribution in [-0.4, -0.2) is 71.5 Å². The Hall–Kier alpha value is -4.24. The number of hydrogen-bond donors (Lipinski definition) is 1. The summed E-state index contributed by atoms with van der Waals surface area (Å²) in [6, 6.07) is 17.7. The maximum Gasteiger partial charge on any atom is 0.337 e. The highest BCUT2D eigenvalue weighted by Gasteiger charge is 2.34. The summed E-state index contributed by atoms with van der Waals surface area (Å²) in [7, 11) is 1.36. The molecule has 1 N–H and O–H groups in total. The number of piperazine rings is 1. The molecule has 0 aromatic heterocycles. The van der Waals surface area contributed by atoms with E-state index in [1.807, 2.05) is 16.9 Å². The number of methoxy groups -OCH3 is 1. The van der Waals surface area contributed by atoms with Crippen molar-refractivity contribution in [3.05, 3.63) is 94.3 Å². The quantitative estimate of drug-likeness (QED) is 0.335. The molecule has 0 spiro atoms. The van der Waals surface area contributed by atoms with Gasteiger partial charge in [0.15, 0.2) is 0 Å². The highest BCUT2D eigenvalue weighted by Crippen LogP contribution is 2.39. The van der Waals surface area contributed by atoms with Gasteiger partial charge in [0.2, 0.25) is 0 Å². The first-order valence-electron chi connectivity index (χ1n) is 14.5. The summed E-state index contributed by atoms with van der Waals surface area (Å²) >= 11 is 0. The standard InChI is InChI=1S/C32H36N6O3/c1-41-32(40)25-13-11-24(12-14-25)21-33-31(39)28-26-9-5-6-10-27(26)30-29(28)34-22-35-38(30)37-19-17-36(18-20-37)16-15-23-7-3-2-4-8-23/h2-4,7-8,11-14,22H,5-6,9-10,15-21H2,1H3,(H,33,39). The summed E-state index contributed by atoms with van der Waals surface area (Å²) < 4.78 is 4.77. The Morgan fingerprint density at radius 2 is 1.63 bits per heavy atom. The van der Waals surface area contributed by atoms with E-state index < -0.39 is 0 Å².